The Morgan fingerprint density at radius 3 is 2.59 bits per heavy atom. The number of halogens is 1. The number of fused-ring (bicyclic) bond motifs is 1. The maximum atomic E-state index is 13.3. The molecular weight excluding hydrogens is 341 g/mol. The predicted octanol–water partition coefficient (Wildman–Crippen LogP) is 4.09. The van der Waals surface area contributed by atoms with Crippen LogP contribution in [0.1, 0.15) is 5.56 Å². The number of nitrogens with zero attached hydrogens (tertiary/aromatic N) is 2. The van der Waals surface area contributed by atoms with E-state index < -0.39 is 5.91 Å². The molecule has 0 fully saturated rings. The van der Waals surface area contributed by atoms with Crippen LogP contribution in [0.2, 0.25) is 0 Å². The van der Waals surface area contributed by atoms with Crippen LogP contribution in [-0.2, 0) is 4.79 Å². The maximum Gasteiger partial charge on any atom is 0.248 e. The quantitative estimate of drug-likeness (QED) is 0.766. The van der Waals surface area contributed by atoms with Gasteiger partial charge in [0, 0.05) is 29.3 Å². The van der Waals surface area contributed by atoms with E-state index in [-0.39, 0.29) is 5.82 Å². The third-order valence-corrected chi connectivity index (χ3v) is 4.62. The Labute approximate surface area is 156 Å². The third kappa shape index (κ3) is 3.31. The monoisotopic (exact) mass is 359 g/mol. The summed E-state index contributed by atoms with van der Waals surface area (Å²) >= 11 is 0. The number of carbonyl (C=O) groups excluding carboxylic acids is 1. The molecule has 0 bridgehead atoms. The Hall–Kier alpha value is -3.47. The van der Waals surface area contributed by atoms with Crippen molar-refractivity contribution in [2.24, 2.45) is 5.73 Å². The molecular formula is C22H18FN3O. The number of benzene rings is 2. The van der Waals surface area contributed by atoms with Gasteiger partial charge >= 0.3 is 0 Å². The average Bonchev–Trinajstić information content (AvgIpc) is 2.68. The Kier molecular flexibility index (Phi) is 4.20. The first-order valence-corrected chi connectivity index (χ1v) is 8.63. The van der Waals surface area contributed by atoms with Crippen molar-refractivity contribution in [1.29, 1.82) is 0 Å². The Morgan fingerprint density at radius 1 is 1.15 bits per heavy atom. The standard InChI is InChI=1S/C22H18FN3O/c1-14-2-7-19-18(12-14)21(26-10-8-16(9-11-26)22(24)27)13-20(25-19)15-3-5-17(23)6-4-15/h2-10,12-13H,11H2,1H3,(H2,24,27). The number of aryl methyl sites for hydroxylation is 1. The van der Waals surface area contributed by atoms with Gasteiger partial charge in [-0.3, -0.25) is 4.79 Å². The molecule has 2 aromatic carbocycles. The van der Waals surface area contributed by atoms with Crippen LogP contribution in [0.5, 0.6) is 0 Å². The molecule has 0 saturated carbocycles. The second-order valence-corrected chi connectivity index (χ2v) is 6.55. The van der Waals surface area contributed by atoms with Crippen LogP contribution < -0.4 is 10.6 Å². The summed E-state index contributed by atoms with van der Waals surface area (Å²) < 4.78 is 13.3. The van der Waals surface area contributed by atoms with Gasteiger partial charge in [-0.2, -0.15) is 0 Å². The molecule has 0 aliphatic carbocycles. The highest BCUT2D eigenvalue weighted by molar-refractivity contribution is 5.97. The number of anilines is 1. The van der Waals surface area contributed by atoms with Gasteiger partial charge in [-0.25, -0.2) is 9.37 Å². The molecule has 1 aliphatic rings. The van der Waals surface area contributed by atoms with E-state index in [0.29, 0.717) is 12.1 Å². The molecule has 27 heavy (non-hydrogen) atoms. The largest absolute Gasteiger partial charge is 0.366 e. The first kappa shape index (κ1) is 17.0. The van der Waals surface area contributed by atoms with Crippen LogP contribution in [0, 0.1) is 12.7 Å². The topological polar surface area (TPSA) is 59.2 Å². The van der Waals surface area contributed by atoms with Crippen LogP contribution in [0.15, 0.2) is 72.5 Å². The minimum atomic E-state index is -0.437. The van der Waals surface area contributed by atoms with E-state index in [1.54, 1.807) is 18.2 Å². The highest BCUT2D eigenvalue weighted by Gasteiger charge is 2.15. The SMILES string of the molecule is Cc1ccc2nc(-c3ccc(F)cc3)cc(N3C=CC(C(N)=O)=CC3)c2c1. The molecule has 4 nitrogen and oxygen atoms in total. The summed E-state index contributed by atoms with van der Waals surface area (Å²) in [6.45, 7) is 2.57. The molecule has 134 valence electrons. The van der Waals surface area contributed by atoms with E-state index in [2.05, 4.69) is 6.07 Å². The van der Waals surface area contributed by atoms with Gasteiger partial charge in [-0.1, -0.05) is 17.7 Å². The first-order valence-electron chi connectivity index (χ1n) is 8.63. The zero-order chi connectivity index (χ0) is 19.0. The van der Waals surface area contributed by atoms with Crippen molar-refractivity contribution in [3.63, 3.8) is 0 Å². The highest BCUT2D eigenvalue weighted by Crippen LogP contribution is 2.32. The van der Waals surface area contributed by atoms with Gasteiger partial charge in [0.05, 0.1) is 16.9 Å². The number of aromatic nitrogens is 1. The summed E-state index contributed by atoms with van der Waals surface area (Å²) in [6, 6.07) is 14.4. The molecule has 1 aliphatic heterocycles. The molecule has 2 heterocycles. The fraction of sp³-hybridized carbons (Fsp3) is 0.0909. The van der Waals surface area contributed by atoms with Gasteiger partial charge < -0.3 is 10.6 Å². The molecule has 0 radical (unpaired) electrons. The number of rotatable bonds is 3. The van der Waals surface area contributed by atoms with Crippen molar-refractivity contribution in [1.82, 2.24) is 4.98 Å². The van der Waals surface area contributed by atoms with Gasteiger partial charge in [-0.15, -0.1) is 0 Å². The molecule has 0 spiro atoms. The van der Waals surface area contributed by atoms with Crippen LogP contribution in [0.3, 0.4) is 0 Å². The zero-order valence-corrected chi connectivity index (χ0v) is 14.8. The number of amides is 1. The lowest BCUT2D eigenvalue weighted by atomic mass is 10.0. The number of pyridine rings is 1. The lowest BCUT2D eigenvalue weighted by molar-refractivity contribution is -0.114. The Bertz CT molecular complexity index is 1100. The van der Waals surface area contributed by atoms with E-state index in [4.69, 9.17) is 10.7 Å². The van der Waals surface area contributed by atoms with Crippen LogP contribution in [0.4, 0.5) is 10.1 Å². The number of primary amides is 1. The van der Waals surface area contributed by atoms with Crippen molar-refractivity contribution in [2.75, 3.05) is 11.4 Å². The lowest BCUT2D eigenvalue weighted by Gasteiger charge is -2.24. The fourth-order valence-corrected chi connectivity index (χ4v) is 3.19. The van der Waals surface area contributed by atoms with Gasteiger partial charge in [0.1, 0.15) is 5.82 Å². The van der Waals surface area contributed by atoms with Crippen molar-refractivity contribution in [2.45, 2.75) is 6.92 Å². The van der Waals surface area contributed by atoms with Crippen molar-refractivity contribution in [3.8, 4) is 11.3 Å². The van der Waals surface area contributed by atoms with Crippen molar-refractivity contribution in [3.05, 3.63) is 83.8 Å². The minimum Gasteiger partial charge on any atom is -0.366 e. The van der Waals surface area contributed by atoms with E-state index in [0.717, 1.165) is 33.4 Å². The molecule has 1 aromatic heterocycles. The predicted molar refractivity (Wildman–Crippen MR) is 106 cm³/mol. The molecule has 5 heteroatoms. The van der Waals surface area contributed by atoms with E-state index in [1.807, 2.05) is 42.3 Å². The molecule has 4 rings (SSSR count). The van der Waals surface area contributed by atoms with Gasteiger partial charge in [0.15, 0.2) is 0 Å². The molecule has 3 aromatic rings. The Balaban J connectivity index is 1.85. The molecule has 0 unspecified atom stereocenters. The van der Waals surface area contributed by atoms with Gasteiger partial charge in [0.2, 0.25) is 5.91 Å². The number of carbonyl (C=O) groups is 1. The summed E-state index contributed by atoms with van der Waals surface area (Å²) in [6.07, 6.45) is 5.37. The smallest absolute Gasteiger partial charge is 0.248 e. The molecule has 2 N–H and O–H groups in total. The summed E-state index contributed by atoms with van der Waals surface area (Å²) in [5, 5.41) is 1.02. The Morgan fingerprint density at radius 2 is 1.93 bits per heavy atom. The van der Waals surface area contributed by atoms with E-state index >= 15 is 0 Å². The minimum absolute atomic E-state index is 0.279. The van der Waals surface area contributed by atoms with Crippen LogP contribution >= 0.6 is 0 Å². The molecule has 0 atom stereocenters. The number of nitrogens with two attached hydrogens (primary N) is 1. The second kappa shape index (κ2) is 6.68. The third-order valence-electron chi connectivity index (χ3n) is 4.62. The van der Waals surface area contributed by atoms with E-state index in [1.165, 1.54) is 12.1 Å². The van der Waals surface area contributed by atoms with Crippen LogP contribution in [-0.4, -0.2) is 17.4 Å². The second-order valence-electron chi connectivity index (χ2n) is 6.55. The maximum absolute atomic E-state index is 13.3. The van der Waals surface area contributed by atoms with Crippen molar-refractivity contribution >= 4 is 22.5 Å². The molecule has 0 saturated heterocycles. The van der Waals surface area contributed by atoms with Gasteiger partial charge in [0.25, 0.3) is 0 Å². The lowest BCUT2D eigenvalue weighted by Crippen LogP contribution is -2.23. The molecule has 1 amide bonds. The van der Waals surface area contributed by atoms with Gasteiger partial charge in [-0.05, 0) is 55.5 Å². The number of hydrogen-bond acceptors (Lipinski definition) is 3. The number of hydrogen-bond donors (Lipinski definition) is 1. The zero-order valence-electron chi connectivity index (χ0n) is 14.8. The summed E-state index contributed by atoms with van der Waals surface area (Å²) in [5.74, 6) is -0.716. The highest BCUT2D eigenvalue weighted by atomic mass is 19.1. The van der Waals surface area contributed by atoms with E-state index in [9.17, 15) is 9.18 Å². The average molecular weight is 359 g/mol. The first-order chi connectivity index (χ1) is 13.0. The van der Waals surface area contributed by atoms with Crippen molar-refractivity contribution < 1.29 is 9.18 Å². The van der Waals surface area contributed by atoms with Crippen LogP contribution in [0.25, 0.3) is 22.2 Å². The summed E-state index contributed by atoms with van der Waals surface area (Å²) in [5.41, 5.74) is 10.4. The summed E-state index contributed by atoms with van der Waals surface area (Å²) in [4.78, 5) is 18.2. The fourth-order valence-electron chi connectivity index (χ4n) is 3.19. The normalized spacial score (nSPS) is 13.7. The summed E-state index contributed by atoms with van der Waals surface area (Å²) in [7, 11) is 0.